The molecule has 7 nitrogen and oxygen atoms in total. The molecule has 1 aromatic carbocycles. The van der Waals surface area contributed by atoms with E-state index in [2.05, 4.69) is 60.3 Å². The number of para-hydroxylation sites is 1. The number of halogens is 1. The minimum atomic E-state index is -1.58. The molecule has 1 aromatic heterocycles. The summed E-state index contributed by atoms with van der Waals surface area (Å²) < 4.78 is 21.8. The highest BCUT2D eigenvalue weighted by Gasteiger charge is 2.51. The van der Waals surface area contributed by atoms with Crippen LogP contribution < -0.4 is 15.5 Å². The van der Waals surface area contributed by atoms with Crippen molar-refractivity contribution in [3.05, 3.63) is 66.9 Å². The summed E-state index contributed by atoms with van der Waals surface area (Å²) in [6.45, 7) is 8.89. The molecule has 2 aromatic rings. The maximum atomic E-state index is 15.8. The fourth-order valence-corrected chi connectivity index (χ4v) is 5.19. The third-order valence-electron chi connectivity index (χ3n) is 7.10. The molecule has 0 radical (unpaired) electrons. The number of anilines is 2. The average molecular weight is 467 g/mol. The van der Waals surface area contributed by atoms with E-state index >= 15 is 4.39 Å². The van der Waals surface area contributed by atoms with Gasteiger partial charge in [-0.25, -0.2) is 9.38 Å². The number of pyridine rings is 1. The largest absolute Gasteiger partial charge is 0.340 e. The smallest absolute Gasteiger partial charge is 0.261 e. The Kier molecular flexibility index (Phi) is 6.50. The second kappa shape index (κ2) is 9.09. The van der Waals surface area contributed by atoms with Crippen LogP contribution in [0.15, 0.2) is 71.9 Å². The zero-order valence-corrected chi connectivity index (χ0v) is 20.8. The van der Waals surface area contributed by atoms with Gasteiger partial charge in [0.15, 0.2) is 5.83 Å². The number of aromatic nitrogens is 1. The van der Waals surface area contributed by atoms with Gasteiger partial charge in [-0.2, -0.15) is 0 Å². The highest BCUT2D eigenvalue weighted by Crippen LogP contribution is 2.40. The Balaban J connectivity index is 1.76. The number of guanidine groups is 1. The number of hydrogen-bond acceptors (Lipinski definition) is 7. The van der Waals surface area contributed by atoms with Gasteiger partial charge < -0.3 is 10.1 Å². The van der Waals surface area contributed by atoms with Crippen molar-refractivity contribution in [2.75, 3.05) is 24.4 Å². The van der Waals surface area contributed by atoms with Crippen LogP contribution in [0.2, 0.25) is 0 Å². The van der Waals surface area contributed by atoms with Crippen LogP contribution in [0, 0.1) is 0 Å². The van der Waals surface area contributed by atoms with E-state index in [1.54, 1.807) is 17.3 Å². The van der Waals surface area contributed by atoms with Crippen molar-refractivity contribution in [2.45, 2.75) is 63.5 Å². The van der Waals surface area contributed by atoms with Crippen molar-refractivity contribution >= 4 is 17.3 Å². The van der Waals surface area contributed by atoms with Gasteiger partial charge in [0, 0.05) is 42.3 Å². The maximum absolute atomic E-state index is 15.8. The van der Waals surface area contributed by atoms with Gasteiger partial charge >= 0.3 is 0 Å². The molecule has 2 aliphatic heterocycles. The molecule has 3 heterocycles. The lowest BCUT2D eigenvalue weighted by molar-refractivity contribution is -0.0660. The van der Waals surface area contributed by atoms with E-state index in [1.165, 1.54) is 13.3 Å². The molecule has 0 bridgehead atoms. The number of nitrogens with zero attached hydrogens (tertiary/aromatic N) is 4. The van der Waals surface area contributed by atoms with Gasteiger partial charge in [0.1, 0.15) is 0 Å². The maximum Gasteiger partial charge on any atom is 0.261 e. The van der Waals surface area contributed by atoms with Crippen LogP contribution in [0.5, 0.6) is 0 Å². The third kappa shape index (κ3) is 4.45. The van der Waals surface area contributed by atoms with Crippen molar-refractivity contribution in [3.63, 3.8) is 0 Å². The van der Waals surface area contributed by atoms with Crippen molar-refractivity contribution < 1.29 is 9.13 Å². The van der Waals surface area contributed by atoms with E-state index in [0.29, 0.717) is 11.6 Å². The van der Waals surface area contributed by atoms with E-state index in [0.717, 1.165) is 18.5 Å². The first-order valence-corrected chi connectivity index (χ1v) is 11.6. The molecule has 0 aliphatic carbocycles. The van der Waals surface area contributed by atoms with E-state index in [1.807, 2.05) is 42.5 Å². The van der Waals surface area contributed by atoms with Crippen molar-refractivity contribution in [1.29, 1.82) is 0 Å². The first kappa shape index (κ1) is 24.3. The summed E-state index contributed by atoms with van der Waals surface area (Å²) in [6, 6.07) is 13.3. The number of aliphatic imine (C=N–C) groups is 1. The molecule has 0 saturated carbocycles. The normalized spacial score (nSPS) is 25.0. The number of nitrogens with one attached hydrogen (secondary N) is 2. The standard InChI is InChI=1S/C26H35FN6O/c1-24(2)16-20(17-25(3,4)32(24)5)31-26(34-6)22(27)18-29-23(30-19-10-8-7-9-11-19)33(26)21-12-14-28-15-13-21/h7-15,18,20,31H,16-17H2,1-6H3,(H,29,30). The number of hydrogen-bond donors (Lipinski definition) is 2. The lowest BCUT2D eigenvalue weighted by Crippen LogP contribution is -2.71. The summed E-state index contributed by atoms with van der Waals surface area (Å²) in [5.74, 6) is -1.65. The number of ether oxygens (including phenoxy) is 1. The van der Waals surface area contributed by atoms with Gasteiger partial charge in [-0.05, 0) is 71.8 Å². The highest BCUT2D eigenvalue weighted by atomic mass is 19.1. The summed E-state index contributed by atoms with van der Waals surface area (Å²) in [6.07, 6.45) is 6.23. The van der Waals surface area contributed by atoms with Crippen LogP contribution >= 0.6 is 0 Å². The van der Waals surface area contributed by atoms with Crippen LogP contribution in [0.4, 0.5) is 15.8 Å². The van der Waals surface area contributed by atoms with Gasteiger partial charge in [-0.15, -0.1) is 0 Å². The molecule has 1 unspecified atom stereocenters. The van der Waals surface area contributed by atoms with E-state index in [-0.39, 0.29) is 17.1 Å². The Morgan fingerprint density at radius 3 is 2.21 bits per heavy atom. The first-order valence-electron chi connectivity index (χ1n) is 11.6. The number of piperidine rings is 1. The van der Waals surface area contributed by atoms with Gasteiger partial charge in [-0.3, -0.25) is 20.1 Å². The molecule has 1 atom stereocenters. The summed E-state index contributed by atoms with van der Waals surface area (Å²) in [5.41, 5.74) is 1.37. The summed E-state index contributed by atoms with van der Waals surface area (Å²) in [4.78, 5) is 12.7. The lowest BCUT2D eigenvalue weighted by atomic mass is 9.77. The van der Waals surface area contributed by atoms with Crippen LogP contribution in [-0.2, 0) is 4.74 Å². The van der Waals surface area contributed by atoms with Crippen LogP contribution in [0.3, 0.4) is 0 Å². The molecular weight excluding hydrogens is 431 g/mol. The molecular formula is C26H35FN6O. The Hall–Kier alpha value is -2.81. The Bertz CT molecular complexity index is 1040. The Morgan fingerprint density at radius 1 is 1.00 bits per heavy atom. The first-order chi connectivity index (χ1) is 16.1. The van der Waals surface area contributed by atoms with Crippen molar-refractivity contribution in [3.8, 4) is 0 Å². The van der Waals surface area contributed by atoms with Crippen molar-refractivity contribution in [2.24, 2.45) is 4.99 Å². The second-order valence-electron chi connectivity index (χ2n) is 10.2. The fourth-order valence-electron chi connectivity index (χ4n) is 5.19. The minimum Gasteiger partial charge on any atom is -0.340 e. The zero-order valence-electron chi connectivity index (χ0n) is 20.8. The zero-order chi connectivity index (χ0) is 24.6. The number of rotatable bonds is 5. The Labute approximate surface area is 201 Å². The van der Waals surface area contributed by atoms with Crippen LogP contribution in [0.25, 0.3) is 0 Å². The molecule has 0 spiro atoms. The molecule has 2 aliphatic rings. The van der Waals surface area contributed by atoms with Gasteiger partial charge in [0.2, 0.25) is 5.96 Å². The summed E-state index contributed by atoms with van der Waals surface area (Å²) >= 11 is 0. The molecule has 0 amide bonds. The van der Waals surface area contributed by atoms with Gasteiger partial charge in [0.05, 0.1) is 11.9 Å². The molecule has 182 valence electrons. The number of methoxy groups -OCH3 is 1. The van der Waals surface area contributed by atoms with Gasteiger partial charge in [0.25, 0.3) is 5.85 Å². The van der Waals surface area contributed by atoms with Crippen molar-refractivity contribution in [1.82, 2.24) is 15.2 Å². The average Bonchev–Trinajstić information content (AvgIpc) is 2.80. The Morgan fingerprint density at radius 2 is 1.62 bits per heavy atom. The summed E-state index contributed by atoms with van der Waals surface area (Å²) in [5, 5.41) is 6.89. The molecule has 8 heteroatoms. The number of likely N-dealkylation sites (tertiary alicyclic amines) is 1. The SMILES string of the molecule is COC1(NC2CC(C)(C)N(C)C(C)(C)C2)C(F)=CN=C(Nc2ccccc2)N1c1ccncc1. The molecule has 1 saturated heterocycles. The molecule has 4 rings (SSSR count). The van der Waals surface area contributed by atoms with E-state index < -0.39 is 11.7 Å². The third-order valence-corrected chi connectivity index (χ3v) is 7.10. The predicted molar refractivity (Wildman–Crippen MR) is 135 cm³/mol. The molecule has 1 fully saturated rings. The topological polar surface area (TPSA) is 65.0 Å². The number of benzene rings is 1. The van der Waals surface area contributed by atoms with Crippen LogP contribution in [0.1, 0.15) is 40.5 Å². The van der Waals surface area contributed by atoms with E-state index in [4.69, 9.17) is 4.74 Å². The quantitative estimate of drug-likeness (QED) is 0.622. The minimum absolute atomic E-state index is 0.0132. The highest BCUT2D eigenvalue weighted by molar-refractivity contribution is 6.07. The summed E-state index contributed by atoms with van der Waals surface area (Å²) in [7, 11) is 3.67. The molecule has 2 N–H and O–H groups in total. The van der Waals surface area contributed by atoms with E-state index in [9.17, 15) is 0 Å². The fraction of sp³-hybridized carbons (Fsp3) is 0.462. The molecule has 34 heavy (non-hydrogen) atoms. The second-order valence-corrected chi connectivity index (χ2v) is 10.2. The van der Waals surface area contributed by atoms with Gasteiger partial charge in [-0.1, -0.05) is 18.2 Å². The monoisotopic (exact) mass is 466 g/mol. The lowest BCUT2D eigenvalue weighted by Gasteiger charge is -2.56. The predicted octanol–water partition coefficient (Wildman–Crippen LogP) is 4.72. The van der Waals surface area contributed by atoms with Crippen LogP contribution in [-0.4, -0.2) is 53.0 Å².